The van der Waals surface area contributed by atoms with Gasteiger partial charge in [0.1, 0.15) is 5.82 Å². The van der Waals surface area contributed by atoms with Gasteiger partial charge < -0.3 is 0 Å². The molecule has 0 radical (unpaired) electrons. The lowest BCUT2D eigenvalue weighted by Gasteiger charge is -2.32. The molecule has 0 spiro atoms. The van der Waals surface area contributed by atoms with Crippen LogP contribution >= 0.6 is 0 Å². The summed E-state index contributed by atoms with van der Waals surface area (Å²) in [7, 11) is 0. The molecular weight excluding hydrogens is 331 g/mol. The molecule has 0 aliphatic carbocycles. The maximum Gasteiger partial charge on any atom is 0.261 e. The van der Waals surface area contributed by atoms with Crippen LogP contribution in [0.4, 0.5) is 4.39 Å². The van der Waals surface area contributed by atoms with E-state index in [9.17, 15) is 9.18 Å². The van der Waals surface area contributed by atoms with E-state index in [0.717, 1.165) is 32.5 Å². The first-order chi connectivity index (χ1) is 12.7. The molecule has 1 saturated heterocycles. The maximum absolute atomic E-state index is 13.3. The normalized spacial score (nSPS) is 16.2. The number of hydrogen-bond acceptors (Lipinski definition) is 4. The average Bonchev–Trinajstić information content (AvgIpc) is 2.66. The first kappa shape index (κ1) is 16.8. The molecule has 3 aromatic rings. The highest BCUT2D eigenvalue weighted by Gasteiger charge is 2.20. The third-order valence-corrected chi connectivity index (χ3v) is 5.10. The quantitative estimate of drug-likeness (QED) is 0.725. The van der Waals surface area contributed by atoms with E-state index >= 15 is 0 Å². The molecule has 0 unspecified atom stereocenters. The molecule has 4 rings (SSSR count). The number of piperidine rings is 1. The summed E-state index contributed by atoms with van der Waals surface area (Å²) in [6.45, 7) is 3.66. The van der Waals surface area contributed by atoms with Crippen LogP contribution in [0.2, 0.25) is 0 Å². The van der Waals surface area contributed by atoms with Crippen molar-refractivity contribution in [1.29, 1.82) is 0 Å². The monoisotopic (exact) mass is 352 g/mol. The van der Waals surface area contributed by atoms with Crippen LogP contribution in [0.15, 0.2) is 53.8 Å². The van der Waals surface area contributed by atoms with Gasteiger partial charge in [-0.25, -0.2) is 9.37 Å². The van der Waals surface area contributed by atoms with Gasteiger partial charge in [0.25, 0.3) is 5.56 Å². The van der Waals surface area contributed by atoms with Crippen LogP contribution in [-0.4, -0.2) is 32.5 Å². The standard InChI is InChI=1S/C20H21FN4O/c21-17-1-2-18-19(11-17)23-14-25(20(18)26)13-16-5-9-24(10-6-16)12-15-3-7-22-8-4-15/h1-4,7-8,11,14,16H,5-6,9-10,12-13H2. The lowest BCUT2D eigenvalue weighted by Crippen LogP contribution is -2.36. The second-order valence-electron chi connectivity index (χ2n) is 6.94. The largest absolute Gasteiger partial charge is 0.299 e. The Morgan fingerprint density at radius 3 is 2.65 bits per heavy atom. The van der Waals surface area contributed by atoms with Gasteiger partial charge in [0.05, 0.1) is 17.2 Å². The van der Waals surface area contributed by atoms with Crippen molar-refractivity contribution in [3.05, 3.63) is 70.8 Å². The molecule has 0 N–H and O–H groups in total. The van der Waals surface area contributed by atoms with Crippen LogP contribution in [0.1, 0.15) is 18.4 Å². The van der Waals surface area contributed by atoms with Gasteiger partial charge in [-0.15, -0.1) is 0 Å². The molecule has 1 aromatic carbocycles. The van der Waals surface area contributed by atoms with E-state index in [0.29, 0.717) is 23.4 Å². The van der Waals surface area contributed by atoms with Crippen molar-refractivity contribution >= 4 is 10.9 Å². The summed E-state index contributed by atoms with van der Waals surface area (Å²) < 4.78 is 14.9. The number of halogens is 1. The van der Waals surface area contributed by atoms with Crippen LogP contribution in [0.3, 0.4) is 0 Å². The minimum Gasteiger partial charge on any atom is -0.299 e. The zero-order valence-electron chi connectivity index (χ0n) is 14.5. The molecule has 1 aliphatic rings. The van der Waals surface area contributed by atoms with Crippen LogP contribution in [0.25, 0.3) is 10.9 Å². The van der Waals surface area contributed by atoms with E-state index in [1.807, 2.05) is 12.4 Å². The number of likely N-dealkylation sites (tertiary alicyclic amines) is 1. The fraction of sp³-hybridized carbons (Fsp3) is 0.350. The molecule has 1 aliphatic heterocycles. The Hall–Kier alpha value is -2.60. The molecule has 0 saturated carbocycles. The van der Waals surface area contributed by atoms with E-state index in [1.54, 1.807) is 10.9 Å². The van der Waals surface area contributed by atoms with Gasteiger partial charge in [-0.1, -0.05) is 0 Å². The molecule has 0 bridgehead atoms. The van der Waals surface area contributed by atoms with E-state index in [-0.39, 0.29) is 11.4 Å². The number of rotatable bonds is 4. The Bertz CT molecular complexity index is 949. The number of benzene rings is 1. The Morgan fingerprint density at radius 2 is 1.88 bits per heavy atom. The van der Waals surface area contributed by atoms with E-state index in [1.165, 1.54) is 23.8 Å². The maximum atomic E-state index is 13.3. The van der Waals surface area contributed by atoms with Crippen LogP contribution < -0.4 is 5.56 Å². The fourth-order valence-corrected chi connectivity index (χ4v) is 3.61. The Kier molecular flexibility index (Phi) is 4.75. The van der Waals surface area contributed by atoms with Crippen molar-refractivity contribution in [2.75, 3.05) is 13.1 Å². The summed E-state index contributed by atoms with van der Waals surface area (Å²) in [5.74, 6) is 0.0878. The molecule has 5 nitrogen and oxygen atoms in total. The van der Waals surface area contributed by atoms with Gasteiger partial charge in [-0.2, -0.15) is 0 Å². The fourth-order valence-electron chi connectivity index (χ4n) is 3.61. The summed E-state index contributed by atoms with van der Waals surface area (Å²) >= 11 is 0. The smallest absolute Gasteiger partial charge is 0.261 e. The minimum atomic E-state index is -0.372. The predicted octanol–water partition coefficient (Wildman–Crippen LogP) is 2.84. The lowest BCUT2D eigenvalue weighted by atomic mass is 9.96. The number of nitrogens with zero attached hydrogens (tertiary/aromatic N) is 4. The van der Waals surface area contributed by atoms with Gasteiger partial charge >= 0.3 is 0 Å². The third-order valence-electron chi connectivity index (χ3n) is 5.10. The highest BCUT2D eigenvalue weighted by molar-refractivity contribution is 5.77. The molecule has 2 aromatic heterocycles. The van der Waals surface area contributed by atoms with Crippen molar-refractivity contribution in [3.8, 4) is 0 Å². The summed E-state index contributed by atoms with van der Waals surface area (Å²) in [4.78, 5) is 23.3. The minimum absolute atomic E-state index is 0.0887. The molecule has 0 atom stereocenters. The second-order valence-corrected chi connectivity index (χ2v) is 6.94. The second kappa shape index (κ2) is 7.33. The highest BCUT2D eigenvalue weighted by Crippen LogP contribution is 2.20. The molecule has 6 heteroatoms. The molecule has 3 heterocycles. The first-order valence-electron chi connectivity index (χ1n) is 8.95. The van der Waals surface area contributed by atoms with Crippen LogP contribution in [0, 0.1) is 11.7 Å². The van der Waals surface area contributed by atoms with Crippen molar-refractivity contribution in [3.63, 3.8) is 0 Å². The van der Waals surface area contributed by atoms with Crippen molar-refractivity contribution < 1.29 is 4.39 Å². The van der Waals surface area contributed by atoms with Gasteiger partial charge in [0.2, 0.25) is 0 Å². The van der Waals surface area contributed by atoms with Crippen molar-refractivity contribution in [1.82, 2.24) is 19.4 Å². The molecular formula is C20H21FN4O. The van der Waals surface area contributed by atoms with Gasteiger partial charge in [-0.3, -0.25) is 19.2 Å². The molecule has 26 heavy (non-hydrogen) atoms. The summed E-state index contributed by atoms with van der Waals surface area (Å²) in [6.07, 6.45) is 7.31. The van der Waals surface area contributed by atoms with E-state index in [2.05, 4.69) is 27.0 Å². The predicted molar refractivity (Wildman–Crippen MR) is 98.2 cm³/mol. The topological polar surface area (TPSA) is 51.0 Å². The first-order valence-corrected chi connectivity index (χ1v) is 8.95. The summed E-state index contributed by atoms with van der Waals surface area (Å²) in [5.41, 5.74) is 1.60. The third kappa shape index (κ3) is 3.65. The van der Waals surface area contributed by atoms with E-state index in [4.69, 9.17) is 0 Å². The van der Waals surface area contributed by atoms with Gasteiger partial charge in [-0.05, 0) is 61.7 Å². The Morgan fingerprint density at radius 1 is 1.12 bits per heavy atom. The summed E-state index contributed by atoms with van der Waals surface area (Å²) in [5, 5.41) is 0.476. The highest BCUT2D eigenvalue weighted by atomic mass is 19.1. The zero-order valence-corrected chi connectivity index (χ0v) is 14.5. The van der Waals surface area contributed by atoms with Crippen LogP contribution in [0.5, 0.6) is 0 Å². The Labute approximate surface area is 151 Å². The van der Waals surface area contributed by atoms with Crippen LogP contribution in [-0.2, 0) is 13.1 Å². The van der Waals surface area contributed by atoms with Crippen molar-refractivity contribution in [2.24, 2.45) is 5.92 Å². The zero-order chi connectivity index (χ0) is 17.9. The van der Waals surface area contributed by atoms with Gasteiger partial charge in [0.15, 0.2) is 0 Å². The lowest BCUT2D eigenvalue weighted by molar-refractivity contribution is 0.166. The number of hydrogen-bond donors (Lipinski definition) is 0. The molecule has 134 valence electrons. The number of aromatic nitrogens is 3. The van der Waals surface area contributed by atoms with Gasteiger partial charge in [0, 0.05) is 31.5 Å². The summed E-state index contributed by atoms with van der Waals surface area (Å²) in [6, 6.07) is 8.24. The average molecular weight is 352 g/mol. The number of fused-ring (bicyclic) bond motifs is 1. The van der Waals surface area contributed by atoms with Crippen molar-refractivity contribution in [2.45, 2.75) is 25.9 Å². The molecule has 1 fully saturated rings. The Balaban J connectivity index is 1.40. The molecule has 0 amide bonds. The number of pyridine rings is 1. The SMILES string of the molecule is O=c1c2ccc(F)cc2ncn1CC1CCN(Cc2ccncc2)CC1. The van der Waals surface area contributed by atoms with E-state index < -0.39 is 0 Å².